The largest absolute Gasteiger partial charge is 0.477 e. The first-order chi connectivity index (χ1) is 17.0. The lowest BCUT2D eigenvalue weighted by atomic mass is 10.2. The fraction of sp³-hybridized carbons (Fsp3) is 0.500. The van der Waals surface area contributed by atoms with Crippen molar-refractivity contribution >= 4 is 29.4 Å². The van der Waals surface area contributed by atoms with E-state index in [4.69, 9.17) is 9.47 Å². The molecule has 1 aliphatic heterocycles. The van der Waals surface area contributed by atoms with E-state index in [2.05, 4.69) is 30.2 Å². The molecule has 1 N–H and O–H groups in total. The second kappa shape index (κ2) is 9.96. The summed E-state index contributed by atoms with van der Waals surface area (Å²) in [5.74, 6) is 1.21. The number of carbonyl (C=O) groups excluding carboxylic acids is 2. The van der Waals surface area contributed by atoms with Gasteiger partial charge in [0.25, 0.3) is 5.91 Å². The Bertz CT molecular complexity index is 1250. The number of nitrogens with one attached hydrogen (secondary N) is 1. The maximum absolute atomic E-state index is 13.0. The van der Waals surface area contributed by atoms with Gasteiger partial charge in [0.15, 0.2) is 5.82 Å². The van der Waals surface area contributed by atoms with E-state index >= 15 is 0 Å². The number of aromatic nitrogens is 5. The molecule has 12 heteroatoms. The summed E-state index contributed by atoms with van der Waals surface area (Å²) < 4.78 is 12.8. The third-order valence-electron chi connectivity index (χ3n) is 5.52. The molecule has 0 saturated carbocycles. The second-order valence-electron chi connectivity index (χ2n) is 9.67. The Morgan fingerprint density at radius 1 is 1.14 bits per heavy atom. The molecule has 1 atom stereocenters. The number of amides is 2. The van der Waals surface area contributed by atoms with Gasteiger partial charge in [-0.05, 0) is 41.5 Å². The van der Waals surface area contributed by atoms with Crippen molar-refractivity contribution < 1.29 is 19.1 Å². The normalized spacial score (nSPS) is 16.2. The quantitative estimate of drug-likeness (QED) is 0.567. The van der Waals surface area contributed by atoms with Crippen molar-refractivity contribution in [2.24, 2.45) is 0 Å². The van der Waals surface area contributed by atoms with Crippen LogP contribution in [0.25, 0.3) is 5.78 Å². The number of aryl methyl sites for hydroxylation is 1. The zero-order chi connectivity index (χ0) is 26.0. The van der Waals surface area contributed by atoms with Crippen molar-refractivity contribution in [2.45, 2.75) is 53.2 Å². The van der Waals surface area contributed by atoms with Crippen LogP contribution >= 0.6 is 0 Å². The van der Waals surface area contributed by atoms with Crippen LogP contribution in [0.3, 0.4) is 0 Å². The van der Waals surface area contributed by atoms with Gasteiger partial charge < -0.3 is 24.6 Å². The van der Waals surface area contributed by atoms with Gasteiger partial charge in [-0.15, -0.1) is 0 Å². The molecule has 0 spiro atoms. The van der Waals surface area contributed by atoms with Crippen molar-refractivity contribution in [3.63, 3.8) is 0 Å². The Kier molecular flexibility index (Phi) is 6.95. The standard InChI is InChI=1S/C24H32N8O4/c1-7-35-21-17(14-31-12-15(2)27-22(31)29-21)20(33)28-18-10-26-19(11-25-18)30-8-9-32(16(3)13-30)23(34)36-24(4,5)6/h10-12,14,16H,7-9,13H2,1-6H3,(H,25,28,33)/t16-/m0/s1. The molecule has 3 aromatic heterocycles. The molecule has 0 bridgehead atoms. The van der Waals surface area contributed by atoms with Crippen LogP contribution < -0.4 is 15.0 Å². The fourth-order valence-corrected chi connectivity index (χ4v) is 3.92. The highest BCUT2D eigenvalue weighted by molar-refractivity contribution is 6.05. The zero-order valence-corrected chi connectivity index (χ0v) is 21.5. The van der Waals surface area contributed by atoms with E-state index in [9.17, 15) is 9.59 Å². The second-order valence-corrected chi connectivity index (χ2v) is 9.67. The maximum Gasteiger partial charge on any atom is 0.410 e. The minimum atomic E-state index is -0.539. The summed E-state index contributed by atoms with van der Waals surface area (Å²) in [5.41, 5.74) is 0.507. The van der Waals surface area contributed by atoms with Crippen molar-refractivity contribution in [3.8, 4) is 5.88 Å². The fourth-order valence-electron chi connectivity index (χ4n) is 3.92. The number of anilines is 2. The smallest absolute Gasteiger partial charge is 0.410 e. The molecule has 0 aromatic carbocycles. The monoisotopic (exact) mass is 496 g/mol. The van der Waals surface area contributed by atoms with Crippen LogP contribution in [-0.2, 0) is 4.74 Å². The van der Waals surface area contributed by atoms with Crippen LogP contribution in [0.2, 0.25) is 0 Å². The van der Waals surface area contributed by atoms with Crippen molar-refractivity contribution in [1.82, 2.24) is 29.2 Å². The molecule has 4 rings (SSSR count). The number of rotatable bonds is 5. The predicted molar refractivity (Wildman–Crippen MR) is 133 cm³/mol. The number of carbonyl (C=O) groups is 2. The van der Waals surface area contributed by atoms with Gasteiger partial charge >= 0.3 is 6.09 Å². The van der Waals surface area contributed by atoms with Gasteiger partial charge in [-0.3, -0.25) is 9.20 Å². The predicted octanol–water partition coefficient (Wildman–Crippen LogP) is 2.92. The lowest BCUT2D eigenvalue weighted by molar-refractivity contribution is 0.0158. The van der Waals surface area contributed by atoms with Gasteiger partial charge in [0.1, 0.15) is 17.0 Å². The lowest BCUT2D eigenvalue weighted by Gasteiger charge is -2.40. The van der Waals surface area contributed by atoms with Crippen LogP contribution in [0.15, 0.2) is 24.8 Å². The summed E-state index contributed by atoms with van der Waals surface area (Å²) in [6, 6.07) is -0.0546. The average Bonchev–Trinajstić information content (AvgIpc) is 3.16. The molecular weight excluding hydrogens is 464 g/mol. The van der Waals surface area contributed by atoms with Crippen LogP contribution in [0, 0.1) is 6.92 Å². The number of nitrogens with zero attached hydrogens (tertiary/aromatic N) is 7. The lowest BCUT2D eigenvalue weighted by Crippen LogP contribution is -2.55. The molecule has 36 heavy (non-hydrogen) atoms. The Labute approximate surface area is 209 Å². The Balaban J connectivity index is 1.42. The molecule has 0 radical (unpaired) electrons. The van der Waals surface area contributed by atoms with E-state index < -0.39 is 11.5 Å². The number of hydrogen-bond acceptors (Lipinski definition) is 9. The van der Waals surface area contributed by atoms with Gasteiger partial charge in [-0.1, -0.05) is 0 Å². The molecule has 0 unspecified atom stereocenters. The van der Waals surface area contributed by atoms with Crippen molar-refractivity contribution in [3.05, 3.63) is 36.0 Å². The number of piperazine rings is 1. The van der Waals surface area contributed by atoms with Gasteiger partial charge in [0, 0.05) is 38.1 Å². The molecule has 1 fully saturated rings. The minimum Gasteiger partial charge on any atom is -0.477 e. The molecule has 12 nitrogen and oxygen atoms in total. The van der Waals surface area contributed by atoms with E-state index in [1.54, 1.807) is 27.9 Å². The number of fused-ring (bicyclic) bond motifs is 1. The van der Waals surface area contributed by atoms with Crippen LogP contribution in [0.1, 0.15) is 50.7 Å². The number of ether oxygens (including phenoxy) is 2. The molecule has 0 aliphatic carbocycles. The number of hydrogen-bond donors (Lipinski definition) is 1. The topological polar surface area (TPSA) is 127 Å². The Hall–Kier alpha value is -3.96. The summed E-state index contributed by atoms with van der Waals surface area (Å²) in [7, 11) is 0. The zero-order valence-electron chi connectivity index (χ0n) is 21.5. The summed E-state index contributed by atoms with van der Waals surface area (Å²) in [5, 5.41) is 2.76. The average molecular weight is 497 g/mol. The van der Waals surface area contributed by atoms with Gasteiger partial charge in [-0.25, -0.2) is 19.7 Å². The van der Waals surface area contributed by atoms with E-state index in [1.807, 2.05) is 41.5 Å². The highest BCUT2D eigenvalue weighted by Crippen LogP contribution is 2.21. The van der Waals surface area contributed by atoms with Crippen molar-refractivity contribution in [1.29, 1.82) is 0 Å². The van der Waals surface area contributed by atoms with Crippen LogP contribution in [0.5, 0.6) is 5.88 Å². The van der Waals surface area contributed by atoms with Crippen LogP contribution in [-0.4, -0.2) is 79.1 Å². The minimum absolute atomic E-state index is 0.0546. The number of imidazole rings is 1. The molecule has 3 aromatic rings. The highest BCUT2D eigenvalue weighted by atomic mass is 16.6. The summed E-state index contributed by atoms with van der Waals surface area (Å²) >= 11 is 0. The SMILES string of the molecule is CCOc1nc2nc(C)cn2cc1C(=O)Nc1cnc(N2CCN(C(=O)OC(C)(C)C)[C@@H](C)C2)cn1. The van der Waals surface area contributed by atoms with Gasteiger partial charge in [-0.2, -0.15) is 4.98 Å². The first kappa shape index (κ1) is 25.1. The summed E-state index contributed by atoms with van der Waals surface area (Å²) in [4.78, 5) is 46.8. The Morgan fingerprint density at radius 3 is 2.56 bits per heavy atom. The highest BCUT2D eigenvalue weighted by Gasteiger charge is 2.31. The molecular formula is C24H32N8O4. The molecule has 1 aliphatic rings. The third-order valence-corrected chi connectivity index (χ3v) is 5.52. The molecule has 2 amide bonds. The first-order valence-electron chi connectivity index (χ1n) is 11.9. The van der Waals surface area contributed by atoms with Gasteiger partial charge in [0.05, 0.1) is 24.7 Å². The summed E-state index contributed by atoms with van der Waals surface area (Å²) in [6.45, 7) is 13.3. The van der Waals surface area contributed by atoms with Crippen molar-refractivity contribution in [2.75, 3.05) is 36.5 Å². The molecule has 192 valence electrons. The van der Waals surface area contributed by atoms with E-state index in [0.29, 0.717) is 43.7 Å². The Morgan fingerprint density at radius 2 is 1.92 bits per heavy atom. The summed E-state index contributed by atoms with van der Waals surface area (Å²) in [6.07, 6.45) is 6.22. The molecule has 1 saturated heterocycles. The first-order valence-corrected chi connectivity index (χ1v) is 11.9. The van der Waals surface area contributed by atoms with E-state index in [-0.39, 0.29) is 23.6 Å². The van der Waals surface area contributed by atoms with Gasteiger partial charge in [0.2, 0.25) is 11.7 Å². The van der Waals surface area contributed by atoms with Crippen LogP contribution in [0.4, 0.5) is 16.4 Å². The molecule has 4 heterocycles. The van der Waals surface area contributed by atoms with E-state index in [1.165, 1.54) is 6.20 Å². The third kappa shape index (κ3) is 5.64. The van der Waals surface area contributed by atoms with E-state index in [0.717, 1.165) is 5.69 Å². The maximum atomic E-state index is 13.0.